The minimum absolute atomic E-state index is 0.269. The highest BCUT2D eigenvalue weighted by Gasteiger charge is 2.19. The van der Waals surface area contributed by atoms with Gasteiger partial charge in [0.2, 0.25) is 0 Å². The summed E-state index contributed by atoms with van der Waals surface area (Å²) in [5.74, 6) is -0.896. The molecule has 14 heavy (non-hydrogen) atoms. The molecule has 1 unspecified atom stereocenters. The van der Waals surface area contributed by atoms with Gasteiger partial charge in [-0.25, -0.2) is 4.79 Å². The summed E-state index contributed by atoms with van der Waals surface area (Å²) in [5.41, 5.74) is 1.22. The molecule has 1 aromatic carbocycles. The summed E-state index contributed by atoms with van der Waals surface area (Å²) < 4.78 is 4.97. The zero-order chi connectivity index (χ0) is 10.7. The Morgan fingerprint density at radius 2 is 2.14 bits per heavy atom. The average Bonchev–Trinajstić information content (AvgIpc) is 2.16. The van der Waals surface area contributed by atoms with Crippen molar-refractivity contribution in [2.45, 2.75) is 13.0 Å². The predicted molar refractivity (Wildman–Crippen MR) is 50.3 cm³/mol. The molecule has 1 rings (SSSR count). The Hall–Kier alpha value is -1.55. The summed E-state index contributed by atoms with van der Waals surface area (Å²) in [6.07, 6.45) is -1.54. The third-order valence-corrected chi connectivity index (χ3v) is 1.92. The Balaban J connectivity index is 3.13. The van der Waals surface area contributed by atoms with Crippen molar-refractivity contribution in [2.24, 2.45) is 0 Å². The van der Waals surface area contributed by atoms with Crippen molar-refractivity contribution in [3.8, 4) is 5.75 Å². The van der Waals surface area contributed by atoms with Gasteiger partial charge in [-0.15, -0.1) is 0 Å². The molecule has 0 heterocycles. The van der Waals surface area contributed by atoms with Crippen LogP contribution in [-0.2, 0) is 4.79 Å². The van der Waals surface area contributed by atoms with Crippen LogP contribution in [0.5, 0.6) is 5.75 Å². The summed E-state index contributed by atoms with van der Waals surface area (Å²) in [5, 5.41) is 17.9. The first-order valence-corrected chi connectivity index (χ1v) is 4.11. The first-order chi connectivity index (χ1) is 6.56. The molecule has 0 fully saturated rings. The second-order valence-corrected chi connectivity index (χ2v) is 2.99. The highest BCUT2D eigenvalue weighted by atomic mass is 16.5. The van der Waals surface area contributed by atoms with Crippen LogP contribution in [0.3, 0.4) is 0 Å². The van der Waals surface area contributed by atoms with Crippen LogP contribution < -0.4 is 4.74 Å². The molecular weight excluding hydrogens is 184 g/mol. The lowest BCUT2D eigenvalue weighted by atomic mass is 10.1. The van der Waals surface area contributed by atoms with Crippen LogP contribution in [0.15, 0.2) is 18.2 Å². The highest BCUT2D eigenvalue weighted by molar-refractivity contribution is 5.75. The largest absolute Gasteiger partial charge is 0.496 e. The molecule has 0 saturated heterocycles. The van der Waals surface area contributed by atoms with E-state index < -0.39 is 12.1 Å². The lowest BCUT2D eigenvalue weighted by molar-refractivity contribution is -0.147. The molecule has 4 heteroatoms. The second-order valence-electron chi connectivity index (χ2n) is 2.99. The molecule has 1 atom stereocenters. The van der Waals surface area contributed by atoms with Crippen LogP contribution in [0.2, 0.25) is 0 Å². The number of aryl methyl sites for hydroxylation is 1. The quantitative estimate of drug-likeness (QED) is 0.760. The Morgan fingerprint density at radius 1 is 1.50 bits per heavy atom. The number of aliphatic hydroxyl groups is 1. The van der Waals surface area contributed by atoms with E-state index >= 15 is 0 Å². The summed E-state index contributed by atoms with van der Waals surface area (Å²) in [6.45, 7) is 1.86. The summed E-state index contributed by atoms with van der Waals surface area (Å²) in [6, 6.07) is 4.96. The average molecular weight is 196 g/mol. The summed E-state index contributed by atoms with van der Waals surface area (Å²) >= 11 is 0. The number of benzene rings is 1. The van der Waals surface area contributed by atoms with Gasteiger partial charge in [-0.05, 0) is 18.6 Å². The van der Waals surface area contributed by atoms with Gasteiger partial charge in [0.05, 0.1) is 7.11 Å². The molecule has 0 bridgehead atoms. The third kappa shape index (κ3) is 2.03. The van der Waals surface area contributed by atoms with Gasteiger partial charge in [-0.1, -0.05) is 12.1 Å². The van der Waals surface area contributed by atoms with Gasteiger partial charge in [-0.2, -0.15) is 0 Å². The fourth-order valence-corrected chi connectivity index (χ4v) is 1.18. The number of carboxylic acid groups (broad SMARTS) is 1. The van der Waals surface area contributed by atoms with Crippen molar-refractivity contribution in [1.29, 1.82) is 0 Å². The fourth-order valence-electron chi connectivity index (χ4n) is 1.18. The molecule has 0 aliphatic carbocycles. The number of hydrogen-bond donors (Lipinski definition) is 2. The topological polar surface area (TPSA) is 66.8 Å². The van der Waals surface area contributed by atoms with Gasteiger partial charge >= 0.3 is 5.97 Å². The molecule has 4 nitrogen and oxygen atoms in total. The summed E-state index contributed by atoms with van der Waals surface area (Å²) in [4.78, 5) is 10.5. The van der Waals surface area contributed by atoms with Crippen LogP contribution in [0.25, 0.3) is 0 Å². The van der Waals surface area contributed by atoms with E-state index in [1.165, 1.54) is 7.11 Å². The van der Waals surface area contributed by atoms with E-state index in [1.807, 2.05) is 6.92 Å². The molecule has 0 aliphatic rings. The molecule has 0 aliphatic heterocycles. The van der Waals surface area contributed by atoms with Crippen LogP contribution in [0.1, 0.15) is 17.2 Å². The SMILES string of the molecule is COc1cc(C)ccc1C(O)C(=O)O. The molecular formula is C10H12O4. The van der Waals surface area contributed by atoms with Crippen molar-refractivity contribution >= 4 is 5.97 Å². The lowest BCUT2D eigenvalue weighted by Crippen LogP contribution is -2.11. The highest BCUT2D eigenvalue weighted by Crippen LogP contribution is 2.26. The van der Waals surface area contributed by atoms with Crippen LogP contribution in [0, 0.1) is 6.92 Å². The van der Waals surface area contributed by atoms with E-state index in [2.05, 4.69) is 0 Å². The number of carboxylic acids is 1. The molecule has 0 spiro atoms. The van der Waals surface area contributed by atoms with Gasteiger partial charge < -0.3 is 14.9 Å². The second kappa shape index (κ2) is 4.11. The van der Waals surface area contributed by atoms with E-state index in [-0.39, 0.29) is 5.56 Å². The van der Waals surface area contributed by atoms with Crippen molar-refractivity contribution < 1.29 is 19.7 Å². The van der Waals surface area contributed by atoms with Crippen molar-refractivity contribution in [3.63, 3.8) is 0 Å². The van der Waals surface area contributed by atoms with Gasteiger partial charge in [0.15, 0.2) is 6.10 Å². The smallest absolute Gasteiger partial charge is 0.337 e. The standard InChI is InChI=1S/C10H12O4/c1-6-3-4-7(8(5-6)14-2)9(11)10(12)13/h3-5,9,11H,1-2H3,(H,12,13). The zero-order valence-corrected chi connectivity index (χ0v) is 8.02. The van der Waals surface area contributed by atoms with Crippen LogP contribution >= 0.6 is 0 Å². The first-order valence-electron chi connectivity index (χ1n) is 4.11. The number of aliphatic hydroxyl groups excluding tert-OH is 1. The van der Waals surface area contributed by atoms with E-state index in [1.54, 1.807) is 18.2 Å². The molecule has 0 aromatic heterocycles. The van der Waals surface area contributed by atoms with Crippen LogP contribution in [-0.4, -0.2) is 23.3 Å². The Labute approximate surface area is 81.8 Å². The number of hydrogen-bond acceptors (Lipinski definition) is 3. The number of methoxy groups -OCH3 is 1. The van der Waals surface area contributed by atoms with Crippen molar-refractivity contribution in [2.75, 3.05) is 7.11 Å². The molecule has 0 saturated carbocycles. The van der Waals surface area contributed by atoms with E-state index in [9.17, 15) is 9.90 Å². The number of carbonyl (C=O) groups is 1. The monoisotopic (exact) mass is 196 g/mol. The van der Waals surface area contributed by atoms with Crippen molar-refractivity contribution in [3.05, 3.63) is 29.3 Å². The number of rotatable bonds is 3. The molecule has 76 valence electrons. The Morgan fingerprint density at radius 3 is 2.64 bits per heavy atom. The van der Waals surface area contributed by atoms with Gasteiger partial charge in [0.25, 0.3) is 0 Å². The first kappa shape index (κ1) is 10.5. The molecule has 0 radical (unpaired) electrons. The number of ether oxygens (including phenoxy) is 1. The van der Waals surface area contributed by atoms with Gasteiger partial charge in [-0.3, -0.25) is 0 Å². The zero-order valence-electron chi connectivity index (χ0n) is 8.02. The van der Waals surface area contributed by atoms with E-state index in [0.717, 1.165) is 5.56 Å². The number of aliphatic carboxylic acids is 1. The van der Waals surface area contributed by atoms with E-state index in [4.69, 9.17) is 9.84 Å². The lowest BCUT2D eigenvalue weighted by Gasteiger charge is -2.11. The Kier molecular flexibility index (Phi) is 3.09. The fraction of sp³-hybridized carbons (Fsp3) is 0.300. The molecule has 0 amide bonds. The maximum atomic E-state index is 10.5. The predicted octanol–water partition coefficient (Wildman–Crippen LogP) is 1.12. The van der Waals surface area contributed by atoms with Crippen LogP contribution in [0.4, 0.5) is 0 Å². The van der Waals surface area contributed by atoms with E-state index in [0.29, 0.717) is 5.75 Å². The Bertz CT molecular complexity index is 346. The summed E-state index contributed by atoms with van der Waals surface area (Å²) in [7, 11) is 1.44. The minimum Gasteiger partial charge on any atom is -0.496 e. The van der Waals surface area contributed by atoms with Gasteiger partial charge in [0.1, 0.15) is 5.75 Å². The molecule has 2 N–H and O–H groups in total. The minimum atomic E-state index is -1.54. The maximum Gasteiger partial charge on any atom is 0.337 e. The van der Waals surface area contributed by atoms with Gasteiger partial charge in [0, 0.05) is 5.56 Å². The third-order valence-electron chi connectivity index (χ3n) is 1.92. The van der Waals surface area contributed by atoms with Crippen molar-refractivity contribution in [1.82, 2.24) is 0 Å². The maximum absolute atomic E-state index is 10.5. The molecule has 1 aromatic rings. The normalized spacial score (nSPS) is 12.2.